The summed E-state index contributed by atoms with van der Waals surface area (Å²) < 4.78 is 5.93. The summed E-state index contributed by atoms with van der Waals surface area (Å²) in [5.74, 6) is 0.936. The van der Waals surface area contributed by atoms with Crippen LogP contribution in [0.5, 0.6) is 0 Å². The Morgan fingerprint density at radius 3 is 2.35 bits per heavy atom. The van der Waals surface area contributed by atoms with Crippen molar-refractivity contribution in [1.29, 1.82) is 0 Å². The Morgan fingerprint density at radius 1 is 1.20 bits per heavy atom. The molecular formula is C18H29NO. The molecule has 1 aliphatic rings. The van der Waals surface area contributed by atoms with E-state index in [2.05, 4.69) is 38.2 Å². The minimum Gasteiger partial charge on any atom is -0.379 e. The van der Waals surface area contributed by atoms with Crippen molar-refractivity contribution < 1.29 is 4.74 Å². The Kier molecular flexibility index (Phi) is 5.62. The third-order valence-corrected chi connectivity index (χ3v) is 4.61. The van der Waals surface area contributed by atoms with Gasteiger partial charge in [0.25, 0.3) is 0 Å². The van der Waals surface area contributed by atoms with E-state index in [-0.39, 0.29) is 0 Å². The third kappa shape index (κ3) is 3.83. The molecule has 0 aliphatic heterocycles. The summed E-state index contributed by atoms with van der Waals surface area (Å²) in [5, 5.41) is 3.41. The average molecular weight is 275 g/mol. The van der Waals surface area contributed by atoms with E-state index < -0.39 is 0 Å². The standard InChI is InChI=1S/C18H29NO/c1-13-10-14(2)18(15(3)11-13)17(19-4)12-20-9-8-16-6-5-7-16/h10-11,16-17,19H,5-9,12H2,1-4H3. The van der Waals surface area contributed by atoms with E-state index >= 15 is 0 Å². The van der Waals surface area contributed by atoms with Gasteiger partial charge < -0.3 is 10.1 Å². The highest BCUT2D eigenvalue weighted by Crippen LogP contribution is 2.29. The first-order valence-corrected chi connectivity index (χ1v) is 7.94. The van der Waals surface area contributed by atoms with E-state index in [1.807, 2.05) is 7.05 Å². The Bertz CT molecular complexity index is 414. The molecule has 1 aromatic rings. The number of ether oxygens (including phenoxy) is 1. The van der Waals surface area contributed by atoms with Crippen LogP contribution in [0.15, 0.2) is 12.1 Å². The molecule has 20 heavy (non-hydrogen) atoms. The lowest BCUT2D eigenvalue weighted by Crippen LogP contribution is -2.24. The average Bonchev–Trinajstić information content (AvgIpc) is 2.32. The Balaban J connectivity index is 1.90. The minimum absolute atomic E-state index is 0.303. The topological polar surface area (TPSA) is 21.3 Å². The maximum atomic E-state index is 5.93. The van der Waals surface area contributed by atoms with Gasteiger partial charge in [-0.3, -0.25) is 0 Å². The predicted molar refractivity (Wildman–Crippen MR) is 85.2 cm³/mol. The first-order chi connectivity index (χ1) is 9.61. The molecule has 0 spiro atoms. The van der Waals surface area contributed by atoms with E-state index in [0.29, 0.717) is 6.04 Å². The molecule has 112 valence electrons. The van der Waals surface area contributed by atoms with Crippen LogP contribution in [0.3, 0.4) is 0 Å². The van der Waals surface area contributed by atoms with Crippen LogP contribution >= 0.6 is 0 Å². The lowest BCUT2D eigenvalue weighted by Gasteiger charge is -2.26. The molecule has 0 aromatic heterocycles. The molecule has 2 heteroatoms. The molecular weight excluding hydrogens is 246 g/mol. The second-order valence-corrected chi connectivity index (χ2v) is 6.31. The molecule has 2 rings (SSSR count). The lowest BCUT2D eigenvalue weighted by atomic mass is 9.83. The monoisotopic (exact) mass is 275 g/mol. The van der Waals surface area contributed by atoms with Crippen LogP contribution < -0.4 is 5.32 Å². The van der Waals surface area contributed by atoms with Crippen molar-refractivity contribution in [3.8, 4) is 0 Å². The van der Waals surface area contributed by atoms with E-state index in [4.69, 9.17) is 4.74 Å². The van der Waals surface area contributed by atoms with Gasteiger partial charge in [0.1, 0.15) is 0 Å². The number of hydrogen-bond acceptors (Lipinski definition) is 2. The first kappa shape index (κ1) is 15.5. The third-order valence-electron chi connectivity index (χ3n) is 4.61. The van der Waals surface area contributed by atoms with Gasteiger partial charge in [-0.1, -0.05) is 37.0 Å². The summed E-state index contributed by atoms with van der Waals surface area (Å²) in [7, 11) is 2.03. The molecule has 1 atom stereocenters. The van der Waals surface area contributed by atoms with Gasteiger partial charge in [0.15, 0.2) is 0 Å². The number of benzene rings is 1. The van der Waals surface area contributed by atoms with E-state index in [9.17, 15) is 0 Å². The second kappa shape index (κ2) is 7.24. The number of hydrogen-bond donors (Lipinski definition) is 1. The summed E-state index contributed by atoms with van der Waals surface area (Å²) in [5.41, 5.74) is 5.47. The highest BCUT2D eigenvalue weighted by atomic mass is 16.5. The first-order valence-electron chi connectivity index (χ1n) is 7.94. The van der Waals surface area contributed by atoms with Gasteiger partial charge in [0, 0.05) is 6.61 Å². The fraction of sp³-hybridized carbons (Fsp3) is 0.667. The highest BCUT2D eigenvalue weighted by molar-refractivity contribution is 5.39. The van der Waals surface area contributed by atoms with Crippen LogP contribution in [0.1, 0.15) is 54.0 Å². The number of rotatable bonds is 7. The van der Waals surface area contributed by atoms with Crippen LogP contribution in [0, 0.1) is 26.7 Å². The zero-order valence-corrected chi connectivity index (χ0v) is 13.5. The van der Waals surface area contributed by atoms with Gasteiger partial charge in [0.2, 0.25) is 0 Å². The van der Waals surface area contributed by atoms with Gasteiger partial charge in [0.05, 0.1) is 12.6 Å². The molecule has 0 amide bonds. The van der Waals surface area contributed by atoms with E-state index in [0.717, 1.165) is 19.1 Å². The molecule has 0 bridgehead atoms. The molecule has 1 aromatic carbocycles. The Labute approximate surface area is 123 Å². The van der Waals surface area contributed by atoms with E-state index in [1.165, 1.54) is 47.9 Å². The number of nitrogens with one attached hydrogen (secondary N) is 1. The van der Waals surface area contributed by atoms with Gasteiger partial charge in [-0.25, -0.2) is 0 Å². The van der Waals surface area contributed by atoms with Gasteiger partial charge in [-0.2, -0.15) is 0 Å². The highest BCUT2D eigenvalue weighted by Gasteiger charge is 2.18. The summed E-state index contributed by atoms with van der Waals surface area (Å²) in [6.45, 7) is 8.25. The molecule has 0 radical (unpaired) electrons. The maximum absolute atomic E-state index is 5.93. The summed E-state index contributed by atoms with van der Waals surface area (Å²) in [4.78, 5) is 0. The molecule has 1 saturated carbocycles. The Morgan fingerprint density at radius 2 is 1.85 bits per heavy atom. The molecule has 1 aliphatic carbocycles. The Hall–Kier alpha value is -0.860. The zero-order chi connectivity index (χ0) is 14.5. The van der Waals surface area contributed by atoms with Crippen LogP contribution in [0.4, 0.5) is 0 Å². The van der Waals surface area contributed by atoms with Crippen molar-refractivity contribution in [2.45, 2.75) is 52.5 Å². The van der Waals surface area contributed by atoms with E-state index in [1.54, 1.807) is 0 Å². The quantitative estimate of drug-likeness (QED) is 0.757. The van der Waals surface area contributed by atoms with Crippen LogP contribution in [-0.2, 0) is 4.74 Å². The predicted octanol–water partition coefficient (Wildman–Crippen LogP) is 4.08. The maximum Gasteiger partial charge on any atom is 0.0661 e. The smallest absolute Gasteiger partial charge is 0.0661 e. The van der Waals surface area contributed by atoms with Gasteiger partial charge in [-0.05, 0) is 56.8 Å². The van der Waals surface area contributed by atoms with Crippen molar-refractivity contribution in [2.24, 2.45) is 5.92 Å². The van der Waals surface area contributed by atoms with Crippen molar-refractivity contribution >= 4 is 0 Å². The van der Waals surface area contributed by atoms with Crippen LogP contribution in [0.2, 0.25) is 0 Å². The van der Waals surface area contributed by atoms with Crippen molar-refractivity contribution in [2.75, 3.05) is 20.3 Å². The molecule has 1 unspecified atom stereocenters. The molecule has 0 saturated heterocycles. The number of aryl methyl sites for hydroxylation is 3. The SMILES string of the molecule is CNC(COCCC1CCC1)c1c(C)cc(C)cc1C. The lowest BCUT2D eigenvalue weighted by molar-refractivity contribution is 0.0902. The largest absolute Gasteiger partial charge is 0.379 e. The van der Waals surface area contributed by atoms with Crippen LogP contribution in [-0.4, -0.2) is 20.3 Å². The zero-order valence-electron chi connectivity index (χ0n) is 13.5. The summed E-state index contributed by atoms with van der Waals surface area (Å²) in [6.07, 6.45) is 5.48. The fourth-order valence-corrected chi connectivity index (χ4v) is 3.28. The summed E-state index contributed by atoms with van der Waals surface area (Å²) >= 11 is 0. The normalized spacial score (nSPS) is 17.0. The van der Waals surface area contributed by atoms with Crippen molar-refractivity contribution in [3.63, 3.8) is 0 Å². The number of likely N-dealkylation sites (N-methyl/N-ethyl adjacent to an activating group) is 1. The van der Waals surface area contributed by atoms with Gasteiger partial charge in [-0.15, -0.1) is 0 Å². The second-order valence-electron chi connectivity index (χ2n) is 6.31. The fourth-order valence-electron chi connectivity index (χ4n) is 3.28. The minimum atomic E-state index is 0.303. The molecule has 1 fully saturated rings. The van der Waals surface area contributed by atoms with Crippen molar-refractivity contribution in [1.82, 2.24) is 5.32 Å². The van der Waals surface area contributed by atoms with Crippen molar-refractivity contribution in [3.05, 3.63) is 34.4 Å². The molecule has 1 N–H and O–H groups in total. The molecule has 2 nitrogen and oxygen atoms in total. The van der Waals surface area contributed by atoms with Gasteiger partial charge >= 0.3 is 0 Å². The molecule has 0 heterocycles. The summed E-state index contributed by atoms with van der Waals surface area (Å²) in [6, 6.07) is 4.83. The van der Waals surface area contributed by atoms with Crippen LogP contribution in [0.25, 0.3) is 0 Å².